The summed E-state index contributed by atoms with van der Waals surface area (Å²) in [6, 6.07) is -0.683. The Labute approximate surface area is 86.3 Å². The van der Waals surface area contributed by atoms with Crippen LogP contribution in [0.15, 0.2) is 0 Å². The van der Waals surface area contributed by atoms with Crippen LogP contribution in [-0.4, -0.2) is 46.6 Å². The highest BCUT2D eigenvalue weighted by Crippen LogP contribution is 1.97. The van der Waals surface area contributed by atoms with E-state index in [4.69, 9.17) is 28.4 Å². The first-order valence-corrected chi connectivity index (χ1v) is 6.14. The molecule has 86 valence electrons. The van der Waals surface area contributed by atoms with E-state index in [2.05, 4.69) is 0 Å². The molecule has 0 aliphatic rings. The van der Waals surface area contributed by atoms with Crippen molar-refractivity contribution in [3.63, 3.8) is 0 Å². The molecule has 0 aromatic rings. The second-order valence-corrected chi connectivity index (χ2v) is 4.06. The van der Waals surface area contributed by atoms with Crippen LogP contribution in [0.5, 0.6) is 0 Å². The van der Waals surface area contributed by atoms with E-state index in [9.17, 15) is 4.79 Å². The molecule has 0 radical (unpaired) electrons. The lowest BCUT2D eigenvalue weighted by molar-refractivity contribution is -0.138. The summed E-state index contributed by atoms with van der Waals surface area (Å²) in [5, 5.41) is 8.27. The Balaban J connectivity index is 0. The molecule has 0 amide bonds. The molecule has 0 saturated carbocycles. The van der Waals surface area contributed by atoms with E-state index in [1.807, 2.05) is 6.26 Å². The van der Waals surface area contributed by atoms with E-state index in [0.717, 1.165) is 5.75 Å². The highest BCUT2D eigenvalue weighted by atomic mass is 32.3. The predicted molar refractivity (Wildman–Crippen MR) is 52.8 cm³/mol. The van der Waals surface area contributed by atoms with Crippen LogP contribution in [0.2, 0.25) is 0 Å². The van der Waals surface area contributed by atoms with Gasteiger partial charge in [0.1, 0.15) is 6.04 Å². The van der Waals surface area contributed by atoms with Gasteiger partial charge in [0.15, 0.2) is 0 Å². The molecule has 0 fully saturated rings. The average molecular weight is 247 g/mol. The van der Waals surface area contributed by atoms with Gasteiger partial charge in [-0.1, -0.05) is 0 Å². The molecule has 1 atom stereocenters. The second kappa shape index (κ2) is 8.00. The van der Waals surface area contributed by atoms with Crippen molar-refractivity contribution in [3.05, 3.63) is 0 Å². The number of rotatable bonds is 4. The molecule has 14 heavy (non-hydrogen) atoms. The van der Waals surface area contributed by atoms with Gasteiger partial charge in [0.05, 0.1) is 0 Å². The predicted octanol–water partition coefficient (Wildman–Crippen LogP) is -0.501. The van der Waals surface area contributed by atoms with Crippen LogP contribution in [0, 0.1) is 0 Å². The fraction of sp³-hybridized carbons (Fsp3) is 0.800. The SMILES string of the molecule is CSCC[C@@H](N)C(=O)O.O=S(=O)(O)O. The van der Waals surface area contributed by atoms with Gasteiger partial charge in [0, 0.05) is 0 Å². The Hall–Kier alpha value is -0.350. The molecule has 0 aliphatic heterocycles. The van der Waals surface area contributed by atoms with Gasteiger partial charge in [-0.05, 0) is 18.4 Å². The van der Waals surface area contributed by atoms with Gasteiger partial charge in [0.2, 0.25) is 0 Å². The van der Waals surface area contributed by atoms with Crippen molar-refractivity contribution in [2.45, 2.75) is 12.5 Å². The van der Waals surface area contributed by atoms with Crippen molar-refractivity contribution in [1.82, 2.24) is 0 Å². The van der Waals surface area contributed by atoms with Gasteiger partial charge in [-0.3, -0.25) is 13.9 Å². The summed E-state index contributed by atoms with van der Waals surface area (Å²) in [7, 11) is -4.67. The van der Waals surface area contributed by atoms with Crippen molar-refractivity contribution in [1.29, 1.82) is 0 Å². The van der Waals surface area contributed by atoms with Crippen molar-refractivity contribution in [2.75, 3.05) is 12.0 Å². The molecule has 0 heterocycles. The third-order valence-corrected chi connectivity index (χ3v) is 1.59. The summed E-state index contributed by atoms with van der Waals surface area (Å²) in [4.78, 5) is 10.1. The first-order chi connectivity index (χ1) is 6.18. The van der Waals surface area contributed by atoms with Crippen molar-refractivity contribution >= 4 is 28.1 Å². The van der Waals surface area contributed by atoms with Crippen LogP contribution in [0.4, 0.5) is 0 Å². The average Bonchev–Trinajstić information content (AvgIpc) is 1.96. The number of thioether (sulfide) groups is 1. The Kier molecular flexibility index (Phi) is 9.20. The van der Waals surface area contributed by atoms with E-state index in [0.29, 0.717) is 6.42 Å². The highest BCUT2D eigenvalue weighted by Gasteiger charge is 2.08. The number of carboxylic acids is 1. The zero-order valence-corrected chi connectivity index (χ0v) is 9.08. The number of carbonyl (C=O) groups is 1. The lowest BCUT2D eigenvalue weighted by Gasteiger charge is -2.02. The highest BCUT2D eigenvalue weighted by molar-refractivity contribution is 7.98. The van der Waals surface area contributed by atoms with Gasteiger partial charge in [-0.15, -0.1) is 0 Å². The minimum atomic E-state index is -4.67. The van der Waals surface area contributed by atoms with Crippen LogP contribution in [0.1, 0.15) is 6.42 Å². The molecule has 9 heteroatoms. The maximum Gasteiger partial charge on any atom is 0.394 e. The summed E-state index contributed by atoms with van der Waals surface area (Å²) >= 11 is 1.60. The lowest BCUT2D eigenvalue weighted by Crippen LogP contribution is -2.30. The Morgan fingerprint density at radius 1 is 1.50 bits per heavy atom. The van der Waals surface area contributed by atoms with E-state index in [1.54, 1.807) is 11.8 Å². The van der Waals surface area contributed by atoms with Gasteiger partial charge >= 0.3 is 16.4 Å². The third kappa shape index (κ3) is 22.6. The number of aliphatic carboxylic acids is 1. The first-order valence-electron chi connectivity index (χ1n) is 3.35. The number of nitrogens with two attached hydrogens (primary N) is 1. The smallest absolute Gasteiger partial charge is 0.394 e. The van der Waals surface area contributed by atoms with Gasteiger partial charge in [0.25, 0.3) is 0 Å². The third-order valence-electron chi connectivity index (χ3n) is 0.950. The lowest BCUT2D eigenvalue weighted by atomic mass is 10.2. The van der Waals surface area contributed by atoms with Crippen LogP contribution >= 0.6 is 11.8 Å². The molecule has 0 spiro atoms. The number of hydrogen-bond donors (Lipinski definition) is 4. The van der Waals surface area contributed by atoms with E-state index in [-0.39, 0.29) is 0 Å². The molecule has 5 N–H and O–H groups in total. The number of carboxylic acid groups (broad SMARTS) is 1. The standard InChI is InChI=1S/C5H11NO2S.H2O4S/c1-9-3-2-4(6)5(7)8;1-5(2,3)4/h4H,2-3,6H2,1H3,(H,7,8);(H2,1,2,3,4)/t4-;/m1./s1. The molecular formula is C5H13NO6S2. The summed E-state index contributed by atoms with van der Waals surface area (Å²) in [5.74, 6) is -0.1000. The molecule has 0 unspecified atom stereocenters. The Morgan fingerprint density at radius 2 is 1.86 bits per heavy atom. The van der Waals surface area contributed by atoms with Gasteiger partial charge in [-0.2, -0.15) is 20.2 Å². The summed E-state index contributed by atoms with van der Waals surface area (Å²) in [6.45, 7) is 0. The molecule has 0 rings (SSSR count). The molecule has 0 saturated heterocycles. The Bertz CT molecular complexity index is 243. The molecule has 0 aromatic carbocycles. The van der Waals surface area contributed by atoms with Crippen molar-refractivity contribution < 1.29 is 27.4 Å². The van der Waals surface area contributed by atoms with E-state index >= 15 is 0 Å². The van der Waals surface area contributed by atoms with Crippen LogP contribution in [0.25, 0.3) is 0 Å². The quantitative estimate of drug-likeness (QED) is 0.488. The molecule has 0 aliphatic carbocycles. The zero-order valence-electron chi connectivity index (χ0n) is 7.45. The van der Waals surface area contributed by atoms with Crippen LogP contribution in [0.3, 0.4) is 0 Å². The molecule has 0 bridgehead atoms. The molecule has 0 aromatic heterocycles. The maximum atomic E-state index is 10.1. The summed E-state index contributed by atoms with van der Waals surface area (Å²) in [5.41, 5.74) is 5.19. The summed E-state index contributed by atoms with van der Waals surface area (Å²) < 4.78 is 31.6. The van der Waals surface area contributed by atoms with Crippen molar-refractivity contribution in [2.24, 2.45) is 5.73 Å². The fourth-order valence-corrected chi connectivity index (χ4v) is 0.858. The van der Waals surface area contributed by atoms with E-state index in [1.165, 1.54) is 0 Å². The largest absolute Gasteiger partial charge is 0.480 e. The summed E-state index contributed by atoms with van der Waals surface area (Å²) in [6.07, 6.45) is 2.48. The molecule has 7 nitrogen and oxygen atoms in total. The topological polar surface area (TPSA) is 138 Å². The normalized spacial score (nSPS) is 12.6. The monoisotopic (exact) mass is 247 g/mol. The number of hydrogen-bond acceptors (Lipinski definition) is 5. The fourth-order valence-electron chi connectivity index (χ4n) is 0.368. The zero-order chi connectivity index (χ0) is 11.8. The van der Waals surface area contributed by atoms with Crippen LogP contribution < -0.4 is 5.73 Å². The first kappa shape index (κ1) is 16.1. The van der Waals surface area contributed by atoms with E-state index < -0.39 is 22.4 Å². The Morgan fingerprint density at radius 3 is 2.07 bits per heavy atom. The second-order valence-electron chi connectivity index (χ2n) is 2.17. The minimum absolute atomic E-state index is 0.552. The van der Waals surface area contributed by atoms with Gasteiger partial charge in [-0.25, -0.2) is 0 Å². The maximum absolute atomic E-state index is 10.1. The minimum Gasteiger partial charge on any atom is -0.480 e. The van der Waals surface area contributed by atoms with Crippen molar-refractivity contribution in [3.8, 4) is 0 Å². The van der Waals surface area contributed by atoms with Gasteiger partial charge < -0.3 is 10.8 Å². The molecular weight excluding hydrogens is 234 g/mol. The van der Waals surface area contributed by atoms with Crippen LogP contribution in [-0.2, 0) is 15.2 Å².